The first-order valence-corrected chi connectivity index (χ1v) is 7.75. The lowest BCUT2D eigenvalue weighted by Gasteiger charge is -2.02. The topological polar surface area (TPSA) is 30.0 Å². The number of nitrogens with zero attached hydrogens (tertiary/aromatic N) is 1. The zero-order chi connectivity index (χ0) is 13.0. The van der Waals surface area contributed by atoms with Gasteiger partial charge in [0.1, 0.15) is 0 Å². The SMILES string of the molecule is O=C(CSc1ccc(Br)cn1)c1cccc(Br)c1. The maximum Gasteiger partial charge on any atom is 0.173 e. The molecule has 18 heavy (non-hydrogen) atoms. The molecule has 2 aromatic rings. The van der Waals surface area contributed by atoms with Gasteiger partial charge in [-0.3, -0.25) is 4.79 Å². The Bertz CT molecular complexity index is 557. The summed E-state index contributed by atoms with van der Waals surface area (Å²) in [4.78, 5) is 16.2. The highest BCUT2D eigenvalue weighted by Gasteiger charge is 2.07. The summed E-state index contributed by atoms with van der Waals surface area (Å²) in [6.07, 6.45) is 1.73. The third-order valence-electron chi connectivity index (χ3n) is 2.20. The Morgan fingerprint density at radius 3 is 2.67 bits per heavy atom. The highest BCUT2D eigenvalue weighted by Crippen LogP contribution is 2.20. The number of aromatic nitrogens is 1. The van der Waals surface area contributed by atoms with Crippen molar-refractivity contribution in [3.8, 4) is 0 Å². The molecular weight excluding hydrogens is 378 g/mol. The fraction of sp³-hybridized carbons (Fsp3) is 0.0769. The summed E-state index contributed by atoms with van der Waals surface area (Å²) in [5.41, 5.74) is 0.717. The van der Waals surface area contributed by atoms with Crippen molar-refractivity contribution in [3.63, 3.8) is 0 Å². The fourth-order valence-electron chi connectivity index (χ4n) is 1.33. The number of benzene rings is 1. The molecule has 1 aromatic heterocycles. The van der Waals surface area contributed by atoms with Crippen molar-refractivity contribution in [1.82, 2.24) is 4.98 Å². The second-order valence-corrected chi connectivity index (χ2v) is 6.36. The molecule has 0 spiro atoms. The normalized spacial score (nSPS) is 10.3. The Morgan fingerprint density at radius 2 is 2.00 bits per heavy atom. The molecule has 0 amide bonds. The predicted molar refractivity (Wildman–Crippen MR) is 81.1 cm³/mol. The molecule has 0 aliphatic carbocycles. The van der Waals surface area contributed by atoms with E-state index in [2.05, 4.69) is 36.8 Å². The zero-order valence-corrected chi connectivity index (χ0v) is 13.3. The van der Waals surface area contributed by atoms with Crippen molar-refractivity contribution >= 4 is 49.4 Å². The summed E-state index contributed by atoms with van der Waals surface area (Å²) in [7, 11) is 0. The van der Waals surface area contributed by atoms with Gasteiger partial charge in [-0.2, -0.15) is 0 Å². The van der Waals surface area contributed by atoms with Crippen LogP contribution in [0.15, 0.2) is 56.6 Å². The number of ketones is 1. The van der Waals surface area contributed by atoms with Gasteiger partial charge >= 0.3 is 0 Å². The molecule has 0 fully saturated rings. The Hall–Kier alpha value is -0.650. The molecule has 1 heterocycles. The molecule has 1 aromatic carbocycles. The molecule has 0 saturated heterocycles. The minimum absolute atomic E-state index is 0.103. The molecule has 0 atom stereocenters. The van der Waals surface area contributed by atoms with Gasteiger partial charge in [0, 0.05) is 20.7 Å². The number of thioether (sulfide) groups is 1. The molecule has 2 rings (SSSR count). The van der Waals surface area contributed by atoms with Gasteiger partial charge in [0.15, 0.2) is 5.78 Å². The second-order valence-electron chi connectivity index (χ2n) is 3.54. The van der Waals surface area contributed by atoms with E-state index in [4.69, 9.17) is 0 Å². The van der Waals surface area contributed by atoms with E-state index in [9.17, 15) is 4.79 Å². The minimum Gasteiger partial charge on any atom is -0.293 e. The first-order chi connectivity index (χ1) is 8.65. The quantitative estimate of drug-likeness (QED) is 0.568. The van der Waals surface area contributed by atoms with E-state index in [0.29, 0.717) is 11.3 Å². The van der Waals surface area contributed by atoms with Crippen LogP contribution in [-0.4, -0.2) is 16.5 Å². The maximum atomic E-state index is 12.0. The molecule has 92 valence electrons. The third kappa shape index (κ3) is 3.93. The summed E-state index contributed by atoms with van der Waals surface area (Å²) in [6, 6.07) is 11.2. The van der Waals surface area contributed by atoms with Gasteiger partial charge in [0.25, 0.3) is 0 Å². The first-order valence-electron chi connectivity index (χ1n) is 5.18. The Labute approximate surface area is 126 Å². The lowest BCUT2D eigenvalue weighted by molar-refractivity contribution is 0.102. The Kier molecular flexibility index (Phi) is 4.97. The monoisotopic (exact) mass is 385 g/mol. The van der Waals surface area contributed by atoms with Gasteiger partial charge in [-0.25, -0.2) is 4.98 Å². The van der Waals surface area contributed by atoms with Crippen LogP contribution < -0.4 is 0 Å². The van der Waals surface area contributed by atoms with Crippen molar-refractivity contribution in [3.05, 3.63) is 57.1 Å². The Morgan fingerprint density at radius 1 is 1.17 bits per heavy atom. The molecule has 5 heteroatoms. The van der Waals surface area contributed by atoms with Gasteiger partial charge in [0.2, 0.25) is 0 Å². The minimum atomic E-state index is 0.103. The first kappa shape index (κ1) is 13.8. The fourth-order valence-corrected chi connectivity index (χ4v) is 2.70. The summed E-state index contributed by atoms with van der Waals surface area (Å²) < 4.78 is 1.85. The van der Waals surface area contributed by atoms with Crippen LogP contribution in [0.5, 0.6) is 0 Å². The van der Waals surface area contributed by atoms with Crippen LogP contribution in [0, 0.1) is 0 Å². The largest absolute Gasteiger partial charge is 0.293 e. The van der Waals surface area contributed by atoms with Crippen LogP contribution in [-0.2, 0) is 0 Å². The number of rotatable bonds is 4. The van der Waals surface area contributed by atoms with Gasteiger partial charge in [-0.15, -0.1) is 0 Å². The van der Waals surface area contributed by atoms with E-state index in [0.717, 1.165) is 14.0 Å². The number of Topliss-reactive ketones (excluding diaryl/α,β-unsaturated/α-hetero) is 1. The van der Waals surface area contributed by atoms with Gasteiger partial charge in [0.05, 0.1) is 10.8 Å². The molecular formula is C13H9Br2NOS. The van der Waals surface area contributed by atoms with E-state index in [1.54, 1.807) is 6.20 Å². The average Bonchev–Trinajstić information content (AvgIpc) is 2.38. The van der Waals surface area contributed by atoms with Crippen LogP contribution in [0.2, 0.25) is 0 Å². The lowest BCUT2D eigenvalue weighted by atomic mass is 10.2. The van der Waals surface area contributed by atoms with E-state index in [1.165, 1.54) is 11.8 Å². The smallest absolute Gasteiger partial charge is 0.173 e. The van der Waals surface area contributed by atoms with Crippen LogP contribution >= 0.6 is 43.6 Å². The number of carbonyl (C=O) groups is 1. The van der Waals surface area contributed by atoms with Crippen molar-refractivity contribution in [2.75, 3.05) is 5.75 Å². The zero-order valence-electron chi connectivity index (χ0n) is 9.27. The molecule has 2 nitrogen and oxygen atoms in total. The van der Waals surface area contributed by atoms with Gasteiger partial charge in [-0.1, -0.05) is 39.8 Å². The van der Waals surface area contributed by atoms with Crippen molar-refractivity contribution < 1.29 is 4.79 Å². The van der Waals surface area contributed by atoms with Crippen LogP contribution in [0.25, 0.3) is 0 Å². The van der Waals surface area contributed by atoms with Crippen molar-refractivity contribution in [2.24, 2.45) is 0 Å². The number of hydrogen-bond donors (Lipinski definition) is 0. The second kappa shape index (κ2) is 6.50. The number of hydrogen-bond acceptors (Lipinski definition) is 3. The van der Waals surface area contributed by atoms with Crippen molar-refractivity contribution in [1.29, 1.82) is 0 Å². The summed E-state index contributed by atoms with van der Waals surface area (Å²) in [5.74, 6) is 0.497. The molecule has 0 bridgehead atoms. The number of pyridine rings is 1. The highest BCUT2D eigenvalue weighted by molar-refractivity contribution is 9.10. The standard InChI is InChI=1S/C13H9Br2NOS/c14-10-3-1-2-9(6-10)12(17)8-18-13-5-4-11(15)7-16-13/h1-7H,8H2. The van der Waals surface area contributed by atoms with Gasteiger partial charge < -0.3 is 0 Å². The number of carbonyl (C=O) groups excluding carboxylic acids is 1. The summed E-state index contributed by atoms with van der Waals surface area (Å²) in [6.45, 7) is 0. The number of halogens is 2. The van der Waals surface area contributed by atoms with Crippen LogP contribution in [0.3, 0.4) is 0 Å². The molecule has 0 saturated carbocycles. The highest BCUT2D eigenvalue weighted by atomic mass is 79.9. The summed E-state index contributed by atoms with van der Waals surface area (Å²) in [5, 5.41) is 0.849. The lowest BCUT2D eigenvalue weighted by Crippen LogP contribution is -2.02. The summed E-state index contributed by atoms with van der Waals surface area (Å²) >= 11 is 8.13. The van der Waals surface area contributed by atoms with E-state index in [1.807, 2.05) is 36.4 Å². The third-order valence-corrected chi connectivity index (χ3v) is 4.10. The predicted octanol–water partition coefficient (Wildman–Crippen LogP) is 4.58. The molecule has 0 aliphatic rings. The maximum absolute atomic E-state index is 12.0. The average molecular weight is 387 g/mol. The molecule has 0 N–H and O–H groups in total. The van der Waals surface area contributed by atoms with Crippen LogP contribution in [0.4, 0.5) is 0 Å². The van der Waals surface area contributed by atoms with E-state index < -0.39 is 0 Å². The van der Waals surface area contributed by atoms with Gasteiger partial charge in [-0.05, 0) is 40.2 Å². The van der Waals surface area contributed by atoms with E-state index in [-0.39, 0.29) is 5.78 Å². The Balaban J connectivity index is 1.98. The van der Waals surface area contributed by atoms with Crippen LogP contribution in [0.1, 0.15) is 10.4 Å². The molecule has 0 aliphatic heterocycles. The molecule has 0 unspecified atom stereocenters. The van der Waals surface area contributed by atoms with Crippen molar-refractivity contribution in [2.45, 2.75) is 5.03 Å². The molecule has 0 radical (unpaired) electrons. The van der Waals surface area contributed by atoms with E-state index >= 15 is 0 Å².